The molecule has 0 radical (unpaired) electrons. The van der Waals surface area contributed by atoms with Crippen molar-refractivity contribution in [3.63, 3.8) is 0 Å². The van der Waals surface area contributed by atoms with E-state index in [1.165, 1.54) is 0 Å². The lowest BCUT2D eigenvalue weighted by molar-refractivity contribution is 0.290. The van der Waals surface area contributed by atoms with Gasteiger partial charge < -0.3 is 15.2 Å². The summed E-state index contributed by atoms with van der Waals surface area (Å²) in [5.41, 5.74) is 5.16. The maximum Gasteiger partial charge on any atom is 0.122 e. The summed E-state index contributed by atoms with van der Waals surface area (Å²) in [7, 11) is 1.62. The third-order valence-electron chi connectivity index (χ3n) is 2.93. The van der Waals surface area contributed by atoms with Crippen LogP contribution in [-0.4, -0.2) is 19.3 Å². The quantitative estimate of drug-likeness (QED) is 0.753. The second-order valence-electron chi connectivity index (χ2n) is 4.25. The van der Waals surface area contributed by atoms with Crippen molar-refractivity contribution in [2.75, 3.05) is 13.7 Å². The highest BCUT2D eigenvalue weighted by Crippen LogP contribution is 2.19. The van der Waals surface area contributed by atoms with Crippen LogP contribution in [0.1, 0.15) is 26.2 Å². The zero-order valence-electron chi connectivity index (χ0n) is 11.0. The molecule has 4 nitrogen and oxygen atoms in total. The molecule has 1 aromatic rings. The number of ether oxygens (including phenoxy) is 2. The van der Waals surface area contributed by atoms with Gasteiger partial charge in [0.1, 0.15) is 17.0 Å². The highest BCUT2D eigenvalue weighted by molar-refractivity contribution is 5.32. The maximum atomic E-state index is 8.94. The summed E-state index contributed by atoms with van der Waals surface area (Å²) in [5.74, 6) is 1.54. The van der Waals surface area contributed by atoms with E-state index < -0.39 is 5.54 Å². The van der Waals surface area contributed by atoms with Crippen molar-refractivity contribution in [2.24, 2.45) is 5.73 Å². The van der Waals surface area contributed by atoms with Crippen molar-refractivity contribution in [1.29, 1.82) is 5.26 Å². The third kappa shape index (κ3) is 4.27. The first-order valence-electron chi connectivity index (χ1n) is 6.10. The Morgan fingerprint density at radius 3 is 2.72 bits per heavy atom. The zero-order valence-corrected chi connectivity index (χ0v) is 11.0. The van der Waals surface area contributed by atoms with Gasteiger partial charge in [-0.05, 0) is 31.4 Å². The molecule has 18 heavy (non-hydrogen) atoms. The monoisotopic (exact) mass is 248 g/mol. The van der Waals surface area contributed by atoms with Crippen LogP contribution in [0.2, 0.25) is 0 Å². The lowest BCUT2D eigenvalue weighted by atomic mass is 9.94. The Hall–Kier alpha value is -1.73. The molecule has 2 N–H and O–H groups in total. The molecule has 0 spiro atoms. The van der Waals surface area contributed by atoms with Crippen molar-refractivity contribution in [1.82, 2.24) is 0 Å². The second kappa shape index (κ2) is 6.87. The van der Waals surface area contributed by atoms with E-state index in [0.29, 0.717) is 19.4 Å². The van der Waals surface area contributed by atoms with E-state index in [4.69, 9.17) is 20.5 Å². The van der Waals surface area contributed by atoms with E-state index in [0.717, 1.165) is 17.9 Å². The summed E-state index contributed by atoms with van der Waals surface area (Å²) >= 11 is 0. The Bertz CT molecular complexity index is 415. The van der Waals surface area contributed by atoms with E-state index in [1.54, 1.807) is 7.11 Å². The Kier molecular flexibility index (Phi) is 5.47. The smallest absolute Gasteiger partial charge is 0.122 e. The molecule has 0 bridgehead atoms. The SMILES string of the molecule is CCC(N)(C#N)CCCOc1cccc(OC)c1. The summed E-state index contributed by atoms with van der Waals surface area (Å²) in [4.78, 5) is 0. The van der Waals surface area contributed by atoms with Gasteiger partial charge in [-0.3, -0.25) is 0 Å². The molecule has 1 rings (SSSR count). The van der Waals surface area contributed by atoms with Gasteiger partial charge in [0, 0.05) is 6.07 Å². The predicted molar refractivity (Wildman–Crippen MR) is 70.5 cm³/mol. The van der Waals surface area contributed by atoms with Crippen LogP contribution in [-0.2, 0) is 0 Å². The third-order valence-corrected chi connectivity index (χ3v) is 2.93. The molecule has 0 aromatic heterocycles. The predicted octanol–water partition coefficient (Wildman–Crippen LogP) is 2.49. The first kappa shape index (κ1) is 14.3. The van der Waals surface area contributed by atoms with E-state index in [1.807, 2.05) is 31.2 Å². The molecule has 0 amide bonds. The fraction of sp³-hybridized carbons (Fsp3) is 0.500. The number of hydrogen-bond donors (Lipinski definition) is 1. The van der Waals surface area contributed by atoms with Gasteiger partial charge in [-0.2, -0.15) is 5.26 Å². The lowest BCUT2D eigenvalue weighted by Gasteiger charge is -2.18. The van der Waals surface area contributed by atoms with Crippen LogP contribution >= 0.6 is 0 Å². The maximum absolute atomic E-state index is 8.94. The highest BCUT2D eigenvalue weighted by atomic mass is 16.5. The molecule has 0 saturated carbocycles. The molecule has 1 atom stereocenters. The molecule has 0 fully saturated rings. The van der Waals surface area contributed by atoms with E-state index >= 15 is 0 Å². The molecule has 0 aliphatic rings. The van der Waals surface area contributed by atoms with Gasteiger partial charge in [-0.15, -0.1) is 0 Å². The van der Waals surface area contributed by atoms with Crippen molar-refractivity contribution in [2.45, 2.75) is 31.7 Å². The van der Waals surface area contributed by atoms with Crippen LogP contribution < -0.4 is 15.2 Å². The van der Waals surface area contributed by atoms with Crippen LogP contribution in [0.15, 0.2) is 24.3 Å². The standard InChI is InChI=1S/C14H20N2O2/c1-3-14(16,11-15)8-5-9-18-13-7-4-6-12(10-13)17-2/h4,6-7,10H,3,5,8-9,16H2,1-2H3. The average Bonchev–Trinajstić information content (AvgIpc) is 2.43. The first-order valence-corrected chi connectivity index (χ1v) is 6.10. The van der Waals surface area contributed by atoms with Gasteiger partial charge in [-0.25, -0.2) is 0 Å². The fourth-order valence-corrected chi connectivity index (χ4v) is 1.58. The minimum atomic E-state index is -0.724. The molecule has 0 saturated heterocycles. The number of nitrogens with two attached hydrogens (primary N) is 1. The number of rotatable bonds is 7. The Morgan fingerprint density at radius 1 is 1.39 bits per heavy atom. The average molecular weight is 248 g/mol. The zero-order chi connectivity index (χ0) is 13.4. The lowest BCUT2D eigenvalue weighted by Crippen LogP contribution is -2.37. The van der Waals surface area contributed by atoms with Gasteiger partial charge in [0.15, 0.2) is 0 Å². The second-order valence-corrected chi connectivity index (χ2v) is 4.25. The summed E-state index contributed by atoms with van der Waals surface area (Å²) < 4.78 is 10.7. The molecule has 1 unspecified atom stereocenters. The van der Waals surface area contributed by atoms with Gasteiger partial charge in [0.05, 0.1) is 19.8 Å². The van der Waals surface area contributed by atoms with E-state index in [-0.39, 0.29) is 0 Å². The van der Waals surface area contributed by atoms with Crippen LogP contribution in [0.5, 0.6) is 11.5 Å². The number of nitriles is 1. The van der Waals surface area contributed by atoms with Gasteiger partial charge in [-0.1, -0.05) is 13.0 Å². The minimum absolute atomic E-state index is 0.549. The molecule has 0 heterocycles. The van der Waals surface area contributed by atoms with Gasteiger partial charge in [0.25, 0.3) is 0 Å². The molecule has 98 valence electrons. The number of benzene rings is 1. The van der Waals surface area contributed by atoms with E-state index in [2.05, 4.69) is 6.07 Å². The molecule has 1 aromatic carbocycles. The van der Waals surface area contributed by atoms with Gasteiger partial charge >= 0.3 is 0 Å². The van der Waals surface area contributed by atoms with Crippen molar-refractivity contribution in [3.05, 3.63) is 24.3 Å². The normalized spacial score (nSPS) is 13.4. The number of hydrogen-bond acceptors (Lipinski definition) is 4. The van der Waals surface area contributed by atoms with Crippen LogP contribution in [0.4, 0.5) is 0 Å². The Morgan fingerprint density at radius 2 is 2.11 bits per heavy atom. The minimum Gasteiger partial charge on any atom is -0.497 e. The summed E-state index contributed by atoms with van der Waals surface area (Å²) in [6.07, 6.45) is 2.06. The van der Waals surface area contributed by atoms with Crippen molar-refractivity contribution >= 4 is 0 Å². The first-order chi connectivity index (χ1) is 8.63. The van der Waals surface area contributed by atoms with Crippen LogP contribution in [0, 0.1) is 11.3 Å². The summed E-state index contributed by atoms with van der Waals surface area (Å²) in [5, 5.41) is 8.94. The fourth-order valence-electron chi connectivity index (χ4n) is 1.58. The molecular weight excluding hydrogens is 228 g/mol. The van der Waals surface area contributed by atoms with Crippen LogP contribution in [0.25, 0.3) is 0 Å². The molecule has 0 aliphatic carbocycles. The molecule has 4 heteroatoms. The van der Waals surface area contributed by atoms with Gasteiger partial charge in [0.2, 0.25) is 0 Å². The number of nitrogens with zero attached hydrogens (tertiary/aromatic N) is 1. The van der Waals surface area contributed by atoms with Crippen LogP contribution in [0.3, 0.4) is 0 Å². The van der Waals surface area contributed by atoms with Crippen molar-refractivity contribution < 1.29 is 9.47 Å². The summed E-state index contributed by atoms with van der Waals surface area (Å²) in [6.45, 7) is 2.47. The topological polar surface area (TPSA) is 68.3 Å². The Labute approximate surface area is 108 Å². The van der Waals surface area contributed by atoms with Crippen molar-refractivity contribution in [3.8, 4) is 17.6 Å². The Balaban J connectivity index is 2.36. The number of methoxy groups -OCH3 is 1. The largest absolute Gasteiger partial charge is 0.497 e. The molecule has 0 aliphatic heterocycles. The van der Waals surface area contributed by atoms with E-state index in [9.17, 15) is 0 Å². The molecular formula is C14H20N2O2. The highest BCUT2D eigenvalue weighted by Gasteiger charge is 2.20. The summed E-state index contributed by atoms with van der Waals surface area (Å²) in [6, 6.07) is 9.60.